The van der Waals surface area contributed by atoms with Crippen LogP contribution < -0.4 is 5.32 Å². The third-order valence-corrected chi connectivity index (χ3v) is 3.79. The molecule has 2 aromatic rings. The van der Waals surface area contributed by atoms with Crippen LogP contribution in [0.15, 0.2) is 18.5 Å². The van der Waals surface area contributed by atoms with Crippen molar-refractivity contribution < 1.29 is 0 Å². The standard InChI is InChI=1S/C14H20N4/c1-15-8-11-7-12-10-17-18(14(12)16-9-11)13-5-3-2-4-6-13/h7,9-10,13,15H,2-6,8H2,1H3. The Bertz CT molecular complexity index is 526. The molecule has 18 heavy (non-hydrogen) atoms. The van der Waals surface area contributed by atoms with Crippen molar-refractivity contribution in [1.82, 2.24) is 20.1 Å². The number of nitrogens with one attached hydrogen (secondary N) is 1. The Morgan fingerprint density at radius 3 is 2.89 bits per heavy atom. The van der Waals surface area contributed by atoms with E-state index in [-0.39, 0.29) is 0 Å². The number of pyridine rings is 1. The van der Waals surface area contributed by atoms with E-state index in [4.69, 9.17) is 0 Å². The van der Waals surface area contributed by atoms with Gasteiger partial charge in [0, 0.05) is 18.1 Å². The first-order chi connectivity index (χ1) is 8.88. The van der Waals surface area contributed by atoms with Crippen LogP contribution >= 0.6 is 0 Å². The lowest BCUT2D eigenvalue weighted by Crippen LogP contribution is -2.14. The van der Waals surface area contributed by atoms with Crippen LogP contribution in [0.5, 0.6) is 0 Å². The van der Waals surface area contributed by atoms with Gasteiger partial charge in [0.2, 0.25) is 0 Å². The van der Waals surface area contributed by atoms with Gasteiger partial charge in [0.1, 0.15) is 0 Å². The average Bonchev–Trinajstić information content (AvgIpc) is 2.83. The van der Waals surface area contributed by atoms with Crippen LogP contribution in [0.2, 0.25) is 0 Å². The van der Waals surface area contributed by atoms with Crippen LogP contribution in [0.4, 0.5) is 0 Å². The molecule has 0 saturated heterocycles. The van der Waals surface area contributed by atoms with E-state index in [9.17, 15) is 0 Å². The summed E-state index contributed by atoms with van der Waals surface area (Å²) in [6, 6.07) is 2.74. The summed E-state index contributed by atoms with van der Waals surface area (Å²) < 4.78 is 2.14. The van der Waals surface area contributed by atoms with Crippen molar-refractivity contribution in [1.29, 1.82) is 0 Å². The first-order valence-electron chi connectivity index (χ1n) is 6.85. The van der Waals surface area contributed by atoms with Crippen molar-refractivity contribution in [2.75, 3.05) is 7.05 Å². The fraction of sp³-hybridized carbons (Fsp3) is 0.571. The summed E-state index contributed by atoms with van der Waals surface area (Å²) in [6.45, 7) is 0.859. The molecule has 0 aliphatic heterocycles. The predicted octanol–water partition coefficient (Wildman–Crippen LogP) is 2.66. The Balaban J connectivity index is 1.93. The fourth-order valence-corrected chi connectivity index (χ4v) is 2.88. The molecule has 0 unspecified atom stereocenters. The third kappa shape index (κ3) is 2.12. The molecule has 4 nitrogen and oxygen atoms in total. The van der Waals surface area contributed by atoms with Crippen molar-refractivity contribution >= 4 is 11.0 Å². The molecule has 0 radical (unpaired) electrons. The van der Waals surface area contributed by atoms with Gasteiger partial charge in [0.05, 0.1) is 12.2 Å². The van der Waals surface area contributed by atoms with Crippen LogP contribution in [-0.4, -0.2) is 21.8 Å². The first-order valence-corrected chi connectivity index (χ1v) is 6.85. The van der Waals surface area contributed by atoms with E-state index in [0.29, 0.717) is 6.04 Å². The Morgan fingerprint density at radius 2 is 2.11 bits per heavy atom. The number of hydrogen-bond donors (Lipinski definition) is 1. The van der Waals surface area contributed by atoms with Crippen molar-refractivity contribution in [3.8, 4) is 0 Å². The van der Waals surface area contributed by atoms with Crippen molar-refractivity contribution in [3.05, 3.63) is 24.0 Å². The summed E-state index contributed by atoms with van der Waals surface area (Å²) in [5.41, 5.74) is 2.26. The minimum Gasteiger partial charge on any atom is -0.316 e. The Morgan fingerprint density at radius 1 is 1.28 bits per heavy atom. The summed E-state index contributed by atoms with van der Waals surface area (Å²) in [6.07, 6.45) is 10.4. The van der Waals surface area contributed by atoms with Gasteiger partial charge in [0.15, 0.2) is 5.65 Å². The smallest absolute Gasteiger partial charge is 0.157 e. The van der Waals surface area contributed by atoms with Gasteiger partial charge in [-0.1, -0.05) is 19.3 Å². The first kappa shape index (κ1) is 11.7. The monoisotopic (exact) mass is 244 g/mol. The highest BCUT2D eigenvalue weighted by atomic mass is 15.3. The second kappa shape index (κ2) is 5.06. The number of hydrogen-bond acceptors (Lipinski definition) is 3. The molecule has 1 saturated carbocycles. The minimum atomic E-state index is 0.555. The van der Waals surface area contributed by atoms with E-state index < -0.39 is 0 Å². The second-order valence-corrected chi connectivity index (χ2v) is 5.17. The Kier molecular flexibility index (Phi) is 3.28. The molecule has 0 spiro atoms. The molecule has 0 amide bonds. The largest absolute Gasteiger partial charge is 0.316 e. The number of aromatic nitrogens is 3. The van der Waals surface area contributed by atoms with Crippen LogP contribution in [0.1, 0.15) is 43.7 Å². The highest BCUT2D eigenvalue weighted by Gasteiger charge is 2.18. The molecule has 0 atom stereocenters. The summed E-state index contributed by atoms with van der Waals surface area (Å²) in [4.78, 5) is 4.60. The van der Waals surface area contributed by atoms with Crippen LogP contribution in [0.3, 0.4) is 0 Å². The maximum Gasteiger partial charge on any atom is 0.157 e. The Labute approximate surface area is 107 Å². The Hall–Kier alpha value is -1.42. The topological polar surface area (TPSA) is 42.7 Å². The van der Waals surface area contributed by atoms with Gasteiger partial charge in [0.25, 0.3) is 0 Å². The zero-order valence-electron chi connectivity index (χ0n) is 10.9. The molecule has 1 fully saturated rings. The van der Waals surface area contributed by atoms with Gasteiger partial charge in [-0.25, -0.2) is 9.67 Å². The van der Waals surface area contributed by atoms with E-state index in [2.05, 4.69) is 26.1 Å². The normalized spacial score (nSPS) is 17.4. The van der Waals surface area contributed by atoms with Gasteiger partial charge in [-0.3, -0.25) is 0 Å². The highest BCUT2D eigenvalue weighted by molar-refractivity contribution is 5.75. The van der Waals surface area contributed by atoms with Crippen LogP contribution in [-0.2, 0) is 6.54 Å². The summed E-state index contributed by atoms with van der Waals surface area (Å²) in [5.74, 6) is 0. The van der Waals surface area contributed by atoms with Crippen LogP contribution in [0.25, 0.3) is 11.0 Å². The predicted molar refractivity (Wildman–Crippen MR) is 72.4 cm³/mol. The molecule has 1 aliphatic carbocycles. The maximum absolute atomic E-state index is 4.60. The minimum absolute atomic E-state index is 0.555. The summed E-state index contributed by atoms with van der Waals surface area (Å²) in [7, 11) is 1.95. The van der Waals surface area contributed by atoms with Crippen molar-refractivity contribution in [2.24, 2.45) is 0 Å². The summed E-state index contributed by atoms with van der Waals surface area (Å²) in [5, 5.41) is 8.87. The van der Waals surface area contributed by atoms with Gasteiger partial charge in [-0.2, -0.15) is 5.10 Å². The molecule has 1 N–H and O–H groups in total. The summed E-state index contributed by atoms with van der Waals surface area (Å²) >= 11 is 0. The van der Waals surface area contributed by atoms with Gasteiger partial charge < -0.3 is 5.32 Å². The molecule has 2 heterocycles. The zero-order valence-corrected chi connectivity index (χ0v) is 10.9. The molecule has 4 heteroatoms. The quantitative estimate of drug-likeness (QED) is 0.902. The molecular weight excluding hydrogens is 224 g/mol. The molecular formula is C14H20N4. The second-order valence-electron chi connectivity index (χ2n) is 5.17. The molecule has 0 bridgehead atoms. The lowest BCUT2D eigenvalue weighted by Gasteiger charge is -2.22. The third-order valence-electron chi connectivity index (χ3n) is 3.79. The molecule has 3 rings (SSSR count). The average molecular weight is 244 g/mol. The number of rotatable bonds is 3. The van der Waals surface area contributed by atoms with Gasteiger partial charge in [-0.05, 0) is 31.5 Å². The molecule has 1 aliphatic rings. The lowest BCUT2D eigenvalue weighted by atomic mass is 9.96. The van der Waals surface area contributed by atoms with Gasteiger partial charge in [-0.15, -0.1) is 0 Å². The van der Waals surface area contributed by atoms with Gasteiger partial charge >= 0.3 is 0 Å². The molecule has 96 valence electrons. The van der Waals surface area contributed by atoms with E-state index in [1.807, 2.05) is 19.4 Å². The van der Waals surface area contributed by atoms with E-state index >= 15 is 0 Å². The highest BCUT2D eigenvalue weighted by Crippen LogP contribution is 2.29. The fourth-order valence-electron chi connectivity index (χ4n) is 2.88. The van der Waals surface area contributed by atoms with E-state index in [1.165, 1.54) is 37.7 Å². The molecule has 0 aromatic carbocycles. The van der Waals surface area contributed by atoms with Crippen molar-refractivity contribution in [2.45, 2.75) is 44.7 Å². The number of nitrogens with zero attached hydrogens (tertiary/aromatic N) is 3. The SMILES string of the molecule is CNCc1cnc2c(cnn2C2CCCCC2)c1. The maximum atomic E-state index is 4.60. The molecule has 2 aromatic heterocycles. The zero-order chi connectivity index (χ0) is 12.4. The number of fused-ring (bicyclic) bond motifs is 1. The lowest BCUT2D eigenvalue weighted by molar-refractivity contribution is 0.336. The van der Waals surface area contributed by atoms with Crippen LogP contribution in [0, 0.1) is 0 Å². The van der Waals surface area contributed by atoms with E-state index in [1.54, 1.807) is 0 Å². The van der Waals surface area contributed by atoms with E-state index in [0.717, 1.165) is 17.6 Å². The van der Waals surface area contributed by atoms with Crippen molar-refractivity contribution in [3.63, 3.8) is 0 Å².